The lowest BCUT2D eigenvalue weighted by Gasteiger charge is -2.22. The Hall–Kier alpha value is -2.02. The fourth-order valence-electron chi connectivity index (χ4n) is 2.46. The maximum atomic E-state index is 14.6. The van der Waals surface area contributed by atoms with Crippen LogP contribution in [0.15, 0.2) is 18.7 Å². The highest BCUT2D eigenvalue weighted by molar-refractivity contribution is 9.08. The molecule has 0 heterocycles. The molecule has 0 fully saturated rings. The van der Waals surface area contributed by atoms with E-state index in [1.165, 1.54) is 13.0 Å². The summed E-state index contributed by atoms with van der Waals surface area (Å²) in [7, 11) is 0. The normalized spacial score (nSPS) is 11.6. The van der Waals surface area contributed by atoms with Crippen LogP contribution in [0.1, 0.15) is 44.4 Å². The zero-order valence-electron chi connectivity index (χ0n) is 15.3. The van der Waals surface area contributed by atoms with Crippen LogP contribution in [0.3, 0.4) is 0 Å². The van der Waals surface area contributed by atoms with Gasteiger partial charge in [-0.3, -0.25) is 0 Å². The van der Waals surface area contributed by atoms with E-state index in [0.29, 0.717) is 11.1 Å². The largest absolute Gasteiger partial charge is 0.504 e. The van der Waals surface area contributed by atoms with E-state index in [4.69, 9.17) is 4.74 Å². The molecule has 0 atom stereocenters. The highest BCUT2D eigenvalue weighted by Crippen LogP contribution is 2.42. The summed E-state index contributed by atoms with van der Waals surface area (Å²) >= 11 is 3.22. The summed E-state index contributed by atoms with van der Waals surface area (Å²) in [5.41, 5.74) is -0.177. The summed E-state index contributed by atoms with van der Waals surface area (Å²) < 4.78 is 61.8. The summed E-state index contributed by atoms with van der Waals surface area (Å²) in [5.74, 6) is -8.59. The van der Waals surface area contributed by atoms with E-state index in [2.05, 4.69) is 22.5 Å². The quantitative estimate of drug-likeness (QED) is 0.238. The number of benzene rings is 2. The zero-order valence-corrected chi connectivity index (χ0v) is 16.9. The lowest BCUT2D eigenvalue weighted by molar-refractivity contribution is 0.349. The summed E-state index contributed by atoms with van der Waals surface area (Å²) in [6, 6.07) is 3.12. The second-order valence-electron chi connectivity index (χ2n) is 7.21. The van der Waals surface area contributed by atoms with Gasteiger partial charge in [0.1, 0.15) is 0 Å². The third kappa shape index (κ3) is 3.98. The Balaban J connectivity index is 2.73. The third-order valence-corrected chi connectivity index (χ3v) is 4.63. The van der Waals surface area contributed by atoms with Gasteiger partial charge >= 0.3 is 0 Å². The number of alkyl halides is 1. The highest BCUT2D eigenvalue weighted by Gasteiger charge is 2.29. The van der Waals surface area contributed by atoms with Crippen molar-refractivity contribution in [2.24, 2.45) is 0 Å². The van der Waals surface area contributed by atoms with Crippen molar-refractivity contribution in [2.45, 2.75) is 38.4 Å². The Morgan fingerprint density at radius 2 is 1.67 bits per heavy atom. The number of rotatable bonds is 4. The number of hydrogen-bond acceptors (Lipinski definition) is 2. The maximum Gasteiger partial charge on any atom is 0.207 e. The predicted molar refractivity (Wildman–Crippen MR) is 100 cm³/mol. The van der Waals surface area contributed by atoms with Crippen molar-refractivity contribution in [1.82, 2.24) is 0 Å². The molecule has 0 aliphatic rings. The molecule has 0 radical (unpaired) electrons. The molecule has 0 aromatic heterocycles. The molecule has 0 aliphatic heterocycles. The van der Waals surface area contributed by atoms with E-state index in [9.17, 15) is 22.7 Å². The second kappa shape index (κ2) is 7.54. The molecule has 0 spiro atoms. The van der Waals surface area contributed by atoms with Crippen LogP contribution < -0.4 is 4.74 Å². The van der Waals surface area contributed by atoms with E-state index in [-0.39, 0.29) is 27.8 Å². The van der Waals surface area contributed by atoms with Gasteiger partial charge in [-0.15, -0.1) is 0 Å². The van der Waals surface area contributed by atoms with E-state index in [1.54, 1.807) is 6.07 Å². The molecule has 2 aromatic carbocycles. The average molecular weight is 447 g/mol. The number of ether oxygens (including phenoxy) is 1. The Morgan fingerprint density at radius 1 is 1.07 bits per heavy atom. The molecular formula is C20H19BrF4O2. The first-order chi connectivity index (χ1) is 12.4. The van der Waals surface area contributed by atoms with Crippen molar-refractivity contribution >= 4 is 21.5 Å². The lowest BCUT2D eigenvalue weighted by Crippen LogP contribution is -2.12. The maximum absolute atomic E-state index is 14.6. The minimum Gasteiger partial charge on any atom is -0.504 e. The Morgan fingerprint density at radius 3 is 2.15 bits per heavy atom. The molecule has 0 aliphatic carbocycles. The molecule has 1 N–H and O–H groups in total. The van der Waals surface area contributed by atoms with Gasteiger partial charge in [0.2, 0.25) is 11.6 Å². The average Bonchev–Trinajstić information content (AvgIpc) is 2.56. The number of phenols is 1. The molecule has 0 unspecified atom stereocenters. The number of halogens is 5. The Kier molecular flexibility index (Phi) is 5.94. The van der Waals surface area contributed by atoms with Crippen molar-refractivity contribution in [3.8, 4) is 17.2 Å². The van der Waals surface area contributed by atoms with Gasteiger partial charge in [-0.25, -0.2) is 13.2 Å². The Labute approximate surface area is 163 Å². The van der Waals surface area contributed by atoms with Gasteiger partial charge < -0.3 is 9.84 Å². The molecule has 0 saturated carbocycles. The number of aromatic hydroxyl groups is 1. The van der Waals surface area contributed by atoms with E-state index in [1.807, 2.05) is 20.8 Å². The van der Waals surface area contributed by atoms with Crippen molar-refractivity contribution < 1.29 is 27.4 Å². The van der Waals surface area contributed by atoms with Crippen molar-refractivity contribution in [3.05, 3.63) is 58.7 Å². The molecule has 2 aromatic rings. The summed E-state index contributed by atoms with van der Waals surface area (Å²) in [5, 5.41) is 10.6. The molecule has 27 heavy (non-hydrogen) atoms. The molecular weight excluding hydrogens is 428 g/mol. The SMILES string of the molecule is C=C(C)c1c(F)c(F)c(F)c(Oc2cc(C(C)(C)C)cc(CBr)c2O)c1F. The van der Waals surface area contributed by atoms with E-state index < -0.39 is 34.6 Å². The lowest BCUT2D eigenvalue weighted by atomic mass is 9.86. The topological polar surface area (TPSA) is 29.5 Å². The first-order valence-corrected chi connectivity index (χ1v) is 9.14. The number of phenolic OH excluding ortho intramolecular Hbond substituents is 1. The van der Waals surface area contributed by atoms with E-state index in [0.717, 1.165) is 0 Å². The first kappa shape index (κ1) is 21.3. The van der Waals surface area contributed by atoms with Crippen LogP contribution in [0.5, 0.6) is 17.2 Å². The fourth-order valence-corrected chi connectivity index (χ4v) is 2.89. The van der Waals surface area contributed by atoms with Crippen LogP contribution in [0.4, 0.5) is 17.6 Å². The van der Waals surface area contributed by atoms with Crippen LogP contribution in [0, 0.1) is 23.3 Å². The molecule has 146 valence electrons. The number of allylic oxidation sites excluding steroid dienone is 1. The van der Waals surface area contributed by atoms with Crippen LogP contribution in [-0.4, -0.2) is 5.11 Å². The van der Waals surface area contributed by atoms with E-state index >= 15 is 0 Å². The van der Waals surface area contributed by atoms with Gasteiger partial charge in [0.25, 0.3) is 0 Å². The summed E-state index contributed by atoms with van der Waals surface area (Å²) in [4.78, 5) is 0. The van der Waals surface area contributed by atoms with Gasteiger partial charge in [-0.05, 0) is 29.5 Å². The minimum atomic E-state index is -1.88. The van der Waals surface area contributed by atoms with Crippen molar-refractivity contribution in [3.63, 3.8) is 0 Å². The van der Waals surface area contributed by atoms with Crippen molar-refractivity contribution in [2.75, 3.05) is 0 Å². The van der Waals surface area contributed by atoms with Gasteiger partial charge in [-0.1, -0.05) is 49.3 Å². The Bertz CT molecular complexity index is 918. The number of hydrogen-bond donors (Lipinski definition) is 1. The smallest absolute Gasteiger partial charge is 0.207 e. The first-order valence-electron chi connectivity index (χ1n) is 8.02. The summed E-state index contributed by atoms with van der Waals surface area (Å²) in [6.45, 7) is 10.3. The third-order valence-electron chi connectivity index (χ3n) is 4.03. The van der Waals surface area contributed by atoms with Gasteiger partial charge in [-0.2, -0.15) is 4.39 Å². The standard InChI is InChI=1S/C20H19BrF4O2/c1-9(2)13-14(22)16(24)17(25)19(15(13)23)27-12-7-11(20(3,4)5)6-10(8-21)18(12)26/h6-7,26H,1,8H2,2-5H3. The molecule has 0 bridgehead atoms. The van der Waals surface area contributed by atoms with Crippen LogP contribution in [0.25, 0.3) is 5.57 Å². The molecule has 2 nitrogen and oxygen atoms in total. The second-order valence-corrected chi connectivity index (χ2v) is 7.77. The van der Waals surface area contributed by atoms with Gasteiger partial charge in [0.05, 0.1) is 5.56 Å². The molecule has 7 heteroatoms. The fraction of sp³-hybridized carbons (Fsp3) is 0.300. The highest BCUT2D eigenvalue weighted by atomic mass is 79.9. The summed E-state index contributed by atoms with van der Waals surface area (Å²) in [6.07, 6.45) is 0. The minimum absolute atomic E-state index is 0.137. The van der Waals surface area contributed by atoms with Gasteiger partial charge in [0, 0.05) is 10.9 Å². The van der Waals surface area contributed by atoms with Crippen LogP contribution in [-0.2, 0) is 10.7 Å². The molecule has 0 saturated heterocycles. The van der Waals surface area contributed by atoms with Crippen LogP contribution >= 0.6 is 15.9 Å². The predicted octanol–water partition coefficient (Wildman–Crippen LogP) is 6.97. The van der Waals surface area contributed by atoms with Crippen molar-refractivity contribution in [1.29, 1.82) is 0 Å². The zero-order chi connectivity index (χ0) is 20.7. The monoisotopic (exact) mass is 446 g/mol. The van der Waals surface area contributed by atoms with Crippen LogP contribution in [0.2, 0.25) is 0 Å². The molecule has 0 amide bonds. The van der Waals surface area contributed by atoms with Gasteiger partial charge in [0.15, 0.2) is 29.0 Å². The molecule has 2 rings (SSSR count).